The number of pyridine rings is 1. The highest BCUT2D eigenvalue weighted by atomic mass is 32.2. The summed E-state index contributed by atoms with van der Waals surface area (Å²) in [5.74, 6) is 0.901. The summed E-state index contributed by atoms with van der Waals surface area (Å²) in [7, 11) is 1.94. The van der Waals surface area contributed by atoms with Crippen LogP contribution in [0.3, 0.4) is 0 Å². The maximum Gasteiger partial charge on any atom is 0.101 e. The van der Waals surface area contributed by atoms with E-state index >= 15 is 0 Å². The summed E-state index contributed by atoms with van der Waals surface area (Å²) in [4.78, 5) is 4.71. The van der Waals surface area contributed by atoms with Crippen molar-refractivity contribution in [2.24, 2.45) is 0 Å². The number of para-hydroxylation sites is 1. The second-order valence-electron chi connectivity index (χ2n) is 4.10. The number of nitrogens with one attached hydrogen (secondary N) is 1. The van der Waals surface area contributed by atoms with Crippen molar-refractivity contribution in [3.05, 3.63) is 35.9 Å². The Balaban J connectivity index is 2.31. The van der Waals surface area contributed by atoms with E-state index in [4.69, 9.17) is 10.1 Å². The van der Waals surface area contributed by atoms with E-state index in [1.165, 1.54) is 10.9 Å². The zero-order chi connectivity index (χ0) is 12.8. The molecule has 0 aliphatic rings. The summed E-state index contributed by atoms with van der Waals surface area (Å²) < 4.78 is 0. The Kier molecular flexibility index (Phi) is 4.99. The number of hydrogen-bond acceptors (Lipinski definition) is 4. The number of thioether (sulfide) groups is 1. The molecule has 0 fully saturated rings. The molecule has 0 saturated heterocycles. The molecule has 0 aliphatic carbocycles. The SMILES string of the molecule is CNCc1cc2ccccc2nc1SCCCO. The predicted molar refractivity (Wildman–Crippen MR) is 76.9 cm³/mol. The van der Waals surface area contributed by atoms with Gasteiger partial charge in [-0.05, 0) is 31.2 Å². The van der Waals surface area contributed by atoms with Gasteiger partial charge < -0.3 is 10.4 Å². The number of aromatic nitrogens is 1. The first kappa shape index (κ1) is 13.3. The molecule has 18 heavy (non-hydrogen) atoms. The van der Waals surface area contributed by atoms with Gasteiger partial charge in [0.15, 0.2) is 0 Å². The minimum atomic E-state index is 0.238. The Bertz CT molecular complexity index is 516. The standard InChI is InChI=1S/C14H18N2OS/c1-15-10-12-9-11-5-2-3-6-13(11)16-14(12)18-8-4-7-17/h2-3,5-6,9,15,17H,4,7-8,10H2,1H3. The summed E-state index contributed by atoms with van der Waals surface area (Å²) in [6.07, 6.45) is 0.804. The Morgan fingerprint density at radius 3 is 2.94 bits per heavy atom. The quantitative estimate of drug-likeness (QED) is 0.620. The van der Waals surface area contributed by atoms with E-state index < -0.39 is 0 Å². The van der Waals surface area contributed by atoms with Crippen LogP contribution in [-0.2, 0) is 6.54 Å². The summed E-state index contributed by atoms with van der Waals surface area (Å²) in [6.45, 7) is 1.06. The van der Waals surface area contributed by atoms with Crippen molar-refractivity contribution >= 4 is 22.7 Å². The Hall–Kier alpha value is -1.10. The highest BCUT2D eigenvalue weighted by Crippen LogP contribution is 2.25. The second kappa shape index (κ2) is 6.73. The summed E-state index contributed by atoms with van der Waals surface area (Å²) in [5.41, 5.74) is 2.25. The number of rotatable bonds is 6. The van der Waals surface area contributed by atoms with Crippen molar-refractivity contribution in [1.82, 2.24) is 10.3 Å². The fraction of sp³-hybridized carbons (Fsp3) is 0.357. The lowest BCUT2D eigenvalue weighted by Crippen LogP contribution is -2.07. The van der Waals surface area contributed by atoms with Crippen molar-refractivity contribution < 1.29 is 5.11 Å². The molecule has 1 heterocycles. The van der Waals surface area contributed by atoms with Crippen LogP contribution in [0.5, 0.6) is 0 Å². The molecule has 3 nitrogen and oxygen atoms in total. The minimum absolute atomic E-state index is 0.238. The normalized spacial score (nSPS) is 11.0. The van der Waals surface area contributed by atoms with Crippen LogP contribution in [0.4, 0.5) is 0 Å². The van der Waals surface area contributed by atoms with Gasteiger partial charge in [-0.15, -0.1) is 11.8 Å². The summed E-state index contributed by atoms with van der Waals surface area (Å²) >= 11 is 1.72. The van der Waals surface area contributed by atoms with Gasteiger partial charge in [0.25, 0.3) is 0 Å². The van der Waals surface area contributed by atoms with Crippen LogP contribution in [0.2, 0.25) is 0 Å². The van der Waals surface area contributed by atoms with Gasteiger partial charge in [-0.2, -0.15) is 0 Å². The van der Waals surface area contributed by atoms with Crippen molar-refractivity contribution in [2.45, 2.75) is 18.0 Å². The minimum Gasteiger partial charge on any atom is -0.396 e. The highest BCUT2D eigenvalue weighted by Gasteiger charge is 2.06. The molecular weight excluding hydrogens is 244 g/mol. The maximum atomic E-state index is 8.84. The lowest BCUT2D eigenvalue weighted by molar-refractivity contribution is 0.296. The van der Waals surface area contributed by atoms with Crippen LogP contribution < -0.4 is 5.32 Å². The van der Waals surface area contributed by atoms with E-state index in [9.17, 15) is 0 Å². The Labute approximate surface area is 112 Å². The molecule has 0 saturated carbocycles. The van der Waals surface area contributed by atoms with Gasteiger partial charge in [0, 0.05) is 24.3 Å². The molecule has 0 bridgehead atoms. The third-order valence-electron chi connectivity index (χ3n) is 2.67. The van der Waals surface area contributed by atoms with E-state index in [0.717, 1.165) is 29.3 Å². The van der Waals surface area contributed by atoms with Crippen LogP contribution in [0, 0.1) is 0 Å². The van der Waals surface area contributed by atoms with Crippen LogP contribution in [0.15, 0.2) is 35.4 Å². The third-order valence-corrected chi connectivity index (χ3v) is 3.79. The topological polar surface area (TPSA) is 45.2 Å². The highest BCUT2D eigenvalue weighted by molar-refractivity contribution is 7.99. The van der Waals surface area contributed by atoms with Crippen molar-refractivity contribution in [2.75, 3.05) is 19.4 Å². The van der Waals surface area contributed by atoms with Crippen LogP contribution in [0.25, 0.3) is 10.9 Å². The fourth-order valence-corrected chi connectivity index (χ4v) is 2.76. The molecular formula is C14H18N2OS. The van der Waals surface area contributed by atoms with Crippen LogP contribution in [-0.4, -0.2) is 29.5 Å². The number of hydrogen-bond donors (Lipinski definition) is 2. The number of benzene rings is 1. The zero-order valence-electron chi connectivity index (χ0n) is 10.5. The maximum absolute atomic E-state index is 8.84. The van der Waals surface area contributed by atoms with E-state index in [1.54, 1.807) is 11.8 Å². The first-order valence-corrected chi connectivity index (χ1v) is 7.10. The molecule has 2 rings (SSSR count). The van der Waals surface area contributed by atoms with Crippen LogP contribution >= 0.6 is 11.8 Å². The first-order chi connectivity index (χ1) is 8.85. The Morgan fingerprint density at radius 2 is 2.17 bits per heavy atom. The molecule has 0 spiro atoms. The summed E-state index contributed by atoms with van der Waals surface area (Å²) in [5, 5.41) is 14.3. The monoisotopic (exact) mass is 262 g/mol. The second-order valence-corrected chi connectivity index (χ2v) is 5.18. The lowest BCUT2D eigenvalue weighted by Gasteiger charge is -2.09. The molecule has 2 aromatic rings. The zero-order valence-corrected chi connectivity index (χ0v) is 11.3. The average molecular weight is 262 g/mol. The van der Waals surface area contributed by atoms with Crippen molar-refractivity contribution in [3.63, 3.8) is 0 Å². The molecule has 4 heteroatoms. The molecule has 0 atom stereocenters. The van der Waals surface area contributed by atoms with E-state index in [-0.39, 0.29) is 6.61 Å². The molecule has 0 unspecified atom stereocenters. The predicted octanol–water partition coefficient (Wildman–Crippen LogP) is 2.43. The summed E-state index contributed by atoms with van der Waals surface area (Å²) in [6, 6.07) is 10.4. The van der Waals surface area contributed by atoms with E-state index in [2.05, 4.69) is 17.4 Å². The van der Waals surface area contributed by atoms with E-state index in [1.807, 2.05) is 25.2 Å². The first-order valence-electron chi connectivity index (χ1n) is 6.12. The molecule has 96 valence electrons. The van der Waals surface area contributed by atoms with Gasteiger partial charge in [0.05, 0.1) is 5.52 Å². The molecule has 0 amide bonds. The van der Waals surface area contributed by atoms with Crippen molar-refractivity contribution in [3.8, 4) is 0 Å². The smallest absolute Gasteiger partial charge is 0.101 e. The largest absolute Gasteiger partial charge is 0.396 e. The third kappa shape index (κ3) is 3.22. The van der Waals surface area contributed by atoms with Gasteiger partial charge in [-0.1, -0.05) is 18.2 Å². The van der Waals surface area contributed by atoms with Gasteiger partial charge in [0.2, 0.25) is 0 Å². The number of fused-ring (bicyclic) bond motifs is 1. The number of aliphatic hydroxyl groups excluding tert-OH is 1. The van der Waals surface area contributed by atoms with Gasteiger partial charge >= 0.3 is 0 Å². The Morgan fingerprint density at radius 1 is 1.33 bits per heavy atom. The molecule has 1 aromatic heterocycles. The lowest BCUT2D eigenvalue weighted by atomic mass is 10.1. The van der Waals surface area contributed by atoms with Gasteiger partial charge in [-0.3, -0.25) is 0 Å². The van der Waals surface area contributed by atoms with Gasteiger partial charge in [-0.25, -0.2) is 4.98 Å². The van der Waals surface area contributed by atoms with Crippen LogP contribution in [0.1, 0.15) is 12.0 Å². The molecule has 0 aliphatic heterocycles. The average Bonchev–Trinajstić information content (AvgIpc) is 2.40. The van der Waals surface area contributed by atoms with Gasteiger partial charge in [0.1, 0.15) is 5.03 Å². The molecule has 1 aromatic carbocycles. The molecule has 0 radical (unpaired) electrons. The number of aliphatic hydroxyl groups is 1. The molecule has 2 N–H and O–H groups in total. The number of nitrogens with zero attached hydrogens (tertiary/aromatic N) is 1. The van der Waals surface area contributed by atoms with E-state index in [0.29, 0.717) is 0 Å². The fourth-order valence-electron chi connectivity index (χ4n) is 1.82. The van der Waals surface area contributed by atoms with Crippen molar-refractivity contribution in [1.29, 1.82) is 0 Å².